The Kier molecular flexibility index (Phi) is 5.37. The lowest BCUT2D eigenvalue weighted by molar-refractivity contribution is -0.129. The van der Waals surface area contributed by atoms with Crippen LogP contribution in [0.3, 0.4) is 0 Å². The molecule has 1 aliphatic heterocycles. The maximum Gasteiger partial charge on any atom is 0.235 e. The third kappa shape index (κ3) is 3.54. The van der Waals surface area contributed by atoms with Gasteiger partial charge in [-0.3, -0.25) is 9.59 Å². The van der Waals surface area contributed by atoms with Crippen LogP contribution < -0.4 is 5.32 Å². The fraction of sp³-hybridized carbons (Fsp3) is 0.409. The fourth-order valence-corrected chi connectivity index (χ4v) is 5.83. The first-order valence-corrected chi connectivity index (χ1v) is 11.0. The van der Waals surface area contributed by atoms with Crippen molar-refractivity contribution in [1.82, 2.24) is 4.90 Å². The zero-order valence-electron chi connectivity index (χ0n) is 16.3. The summed E-state index contributed by atoms with van der Waals surface area (Å²) in [6.45, 7) is 2.67. The molecule has 2 aliphatic rings. The molecule has 0 spiro atoms. The zero-order valence-corrected chi connectivity index (χ0v) is 17.8. The van der Waals surface area contributed by atoms with E-state index in [-0.39, 0.29) is 11.8 Å². The molecule has 0 saturated heterocycles. The van der Waals surface area contributed by atoms with E-state index >= 15 is 0 Å². The van der Waals surface area contributed by atoms with Crippen LogP contribution in [-0.2, 0) is 28.0 Å². The predicted octanol–water partition coefficient (Wildman–Crippen LogP) is 4.63. The zero-order chi connectivity index (χ0) is 20.6. The normalized spacial score (nSPS) is 17.5. The molecule has 7 heteroatoms. The van der Waals surface area contributed by atoms with E-state index in [4.69, 9.17) is 11.6 Å². The average Bonchev–Trinajstić information content (AvgIpc) is 3.33. The molecule has 150 valence electrons. The number of fused-ring (bicyclic) bond motifs is 1. The van der Waals surface area contributed by atoms with E-state index in [9.17, 15) is 14.9 Å². The number of benzene rings is 1. The van der Waals surface area contributed by atoms with Gasteiger partial charge in [0, 0.05) is 23.4 Å². The molecule has 0 bridgehead atoms. The van der Waals surface area contributed by atoms with Crippen LogP contribution in [0.2, 0.25) is 5.02 Å². The Morgan fingerprint density at radius 3 is 2.55 bits per heavy atom. The number of rotatable bonds is 3. The largest absolute Gasteiger partial charge is 0.337 e. The summed E-state index contributed by atoms with van der Waals surface area (Å²) in [5.41, 5.74) is 1.90. The smallest absolute Gasteiger partial charge is 0.235 e. The van der Waals surface area contributed by atoms with Crippen LogP contribution in [0.15, 0.2) is 24.3 Å². The highest BCUT2D eigenvalue weighted by molar-refractivity contribution is 7.16. The second-order valence-electron chi connectivity index (χ2n) is 7.76. The van der Waals surface area contributed by atoms with Gasteiger partial charge in [-0.15, -0.1) is 11.3 Å². The molecule has 4 rings (SSSR count). The third-order valence-corrected chi connectivity index (χ3v) is 7.51. The van der Waals surface area contributed by atoms with Crippen molar-refractivity contribution in [3.8, 4) is 6.07 Å². The first kappa shape index (κ1) is 19.9. The number of halogens is 1. The van der Waals surface area contributed by atoms with Crippen molar-refractivity contribution < 1.29 is 9.59 Å². The lowest BCUT2D eigenvalue weighted by Crippen LogP contribution is -2.37. The predicted molar refractivity (Wildman–Crippen MR) is 114 cm³/mol. The van der Waals surface area contributed by atoms with E-state index in [1.165, 1.54) is 11.3 Å². The highest BCUT2D eigenvalue weighted by Crippen LogP contribution is 2.44. The number of nitriles is 1. The second-order valence-corrected chi connectivity index (χ2v) is 9.30. The van der Waals surface area contributed by atoms with Crippen molar-refractivity contribution in [3.05, 3.63) is 50.9 Å². The number of carbonyl (C=O) groups excluding carboxylic acids is 2. The van der Waals surface area contributed by atoms with Crippen molar-refractivity contribution in [2.75, 3.05) is 11.9 Å². The molecule has 1 saturated carbocycles. The Labute approximate surface area is 179 Å². The molecule has 2 aromatic rings. The van der Waals surface area contributed by atoms with E-state index in [1.807, 2.05) is 24.3 Å². The average molecular weight is 428 g/mol. The van der Waals surface area contributed by atoms with Gasteiger partial charge in [0.25, 0.3) is 0 Å². The molecule has 0 radical (unpaired) electrons. The first-order chi connectivity index (χ1) is 13.9. The van der Waals surface area contributed by atoms with Crippen LogP contribution in [0.4, 0.5) is 5.00 Å². The number of carbonyl (C=O) groups is 2. The van der Waals surface area contributed by atoms with Crippen molar-refractivity contribution >= 4 is 39.8 Å². The number of anilines is 1. The van der Waals surface area contributed by atoms with Gasteiger partial charge in [0.1, 0.15) is 11.1 Å². The molecular weight excluding hydrogens is 406 g/mol. The van der Waals surface area contributed by atoms with Crippen LogP contribution in [0.25, 0.3) is 0 Å². The van der Waals surface area contributed by atoms with Crippen LogP contribution in [0.5, 0.6) is 0 Å². The van der Waals surface area contributed by atoms with Gasteiger partial charge in [0.05, 0.1) is 17.5 Å². The monoisotopic (exact) mass is 427 g/mol. The van der Waals surface area contributed by atoms with E-state index in [1.54, 1.807) is 11.8 Å². The van der Waals surface area contributed by atoms with Gasteiger partial charge in [-0.1, -0.05) is 36.6 Å². The molecule has 0 atom stereocenters. The van der Waals surface area contributed by atoms with Gasteiger partial charge in [-0.05, 0) is 42.5 Å². The third-order valence-electron chi connectivity index (χ3n) is 6.13. The molecule has 1 fully saturated rings. The van der Waals surface area contributed by atoms with Gasteiger partial charge in [-0.25, -0.2) is 0 Å². The van der Waals surface area contributed by atoms with Crippen molar-refractivity contribution in [1.29, 1.82) is 5.26 Å². The summed E-state index contributed by atoms with van der Waals surface area (Å²) < 4.78 is 0. The van der Waals surface area contributed by atoms with Gasteiger partial charge in [0.2, 0.25) is 11.8 Å². The van der Waals surface area contributed by atoms with E-state index in [0.29, 0.717) is 35.1 Å². The molecule has 1 aromatic heterocycles. The van der Waals surface area contributed by atoms with Crippen LogP contribution in [-0.4, -0.2) is 23.3 Å². The van der Waals surface area contributed by atoms with E-state index < -0.39 is 5.41 Å². The summed E-state index contributed by atoms with van der Waals surface area (Å²) in [6, 6.07) is 9.79. The molecule has 0 unspecified atom stereocenters. The highest BCUT2D eigenvalue weighted by Gasteiger charge is 2.43. The fourth-order valence-electron chi connectivity index (χ4n) is 4.50. The SMILES string of the molecule is CC(=O)N1CCc2c(sc(NC(=O)C3(c4ccc(Cl)cc4)CCCC3)c2C#N)C1. The highest BCUT2D eigenvalue weighted by atomic mass is 35.5. The Balaban J connectivity index is 1.65. The minimum absolute atomic E-state index is 0.0285. The summed E-state index contributed by atoms with van der Waals surface area (Å²) in [7, 11) is 0. The minimum Gasteiger partial charge on any atom is -0.337 e. The molecule has 5 nitrogen and oxygen atoms in total. The molecule has 2 heterocycles. The van der Waals surface area contributed by atoms with Crippen LogP contribution in [0, 0.1) is 11.3 Å². The lowest BCUT2D eigenvalue weighted by Gasteiger charge is -2.28. The minimum atomic E-state index is -0.590. The Hall–Kier alpha value is -2.36. The van der Waals surface area contributed by atoms with Crippen molar-refractivity contribution in [2.24, 2.45) is 0 Å². The molecule has 1 aromatic carbocycles. The van der Waals surface area contributed by atoms with Gasteiger partial charge in [0.15, 0.2) is 0 Å². The lowest BCUT2D eigenvalue weighted by atomic mass is 9.78. The molecule has 1 aliphatic carbocycles. The summed E-state index contributed by atoms with van der Waals surface area (Å²) in [4.78, 5) is 28.0. The number of nitrogens with zero attached hydrogens (tertiary/aromatic N) is 2. The maximum atomic E-state index is 13.5. The van der Waals surface area contributed by atoms with Crippen molar-refractivity contribution in [3.63, 3.8) is 0 Å². The number of thiophene rings is 1. The number of nitrogens with one attached hydrogen (secondary N) is 1. The first-order valence-electron chi connectivity index (χ1n) is 9.82. The molecular formula is C22H22ClN3O2S. The van der Waals surface area contributed by atoms with E-state index in [0.717, 1.165) is 41.7 Å². The summed E-state index contributed by atoms with van der Waals surface area (Å²) in [5, 5.41) is 14.1. The van der Waals surface area contributed by atoms with Crippen molar-refractivity contribution in [2.45, 2.75) is 51.0 Å². The van der Waals surface area contributed by atoms with Crippen LogP contribution >= 0.6 is 22.9 Å². The van der Waals surface area contributed by atoms with Gasteiger partial charge < -0.3 is 10.2 Å². The van der Waals surface area contributed by atoms with E-state index in [2.05, 4.69) is 11.4 Å². The van der Waals surface area contributed by atoms with Gasteiger partial charge >= 0.3 is 0 Å². The Morgan fingerprint density at radius 2 is 1.93 bits per heavy atom. The molecule has 29 heavy (non-hydrogen) atoms. The number of hydrogen-bond donors (Lipinski definition) is 1. The molecule has 2 amide bonds. The molecule has 1 N–H and O–H groups in total. The standard InChI is InChI=1S/C22H22ClN3O2S/c1-14(27)26-11-8-17-18(12-24)20(29-19(17)13-26)25-21(28)22(9-2-3-10-22)15-4-6-16(23)7-5-15/h4-7H,2-3,8-11,13H2,1H3,(H,25,28). The Morgan fingerprint density at radius 1 is 1.24 bits per heavy atom. The second kappa shape index (κ2) is 7.81. The van der Waals surface area contributed by atoms with Gasteiger partial charge in [-0.2, -0.15) is 5.26 Å². The maximum absolute atomic E-state index is 13.5. The number of amides is 2. The summed E-state index contributed by atoms with van der Waals surface area (Å²) >= 11 is 7.46. The summed E-state index contributed by atoms with van der Waals surface area (Å²) in [5.74, 6) is -0.0309. The Bertz CT molecular complexity index is 1000. The topological polar surface area (TPSA) is 73.2 Å². The summed E-state index contributed by atoms with van der Waals surface area (Å²) in [6.07, 6.45) is 4.20. The number of hydrogen-bond acceptors (Lipinski definition) is 4. The quantitative estimate of drug-likeness (QED) is 0.776. The van der Waals surface area contributed by atoms with Crippen LogP contribution in [0.1, 0.15) is 54.2 Å².